The van der Waals surface area contributed by atoms with Crippen LogP contribution in [-0.4, -0.2) is 46.3 Å². The predicted octanol–water partition coefficient (Wildman–Crippen LogP) is 1.77. The Hall–Kier alpha value is -0.781. The molecule has 0 radical (unpaired) electrons. The maximum absolute atomic E-state index is 11.1. The summed E-state index contributed by atoms with van der Waals surface area (Å²) in [5, 5.41) is 0. The molecule has 0 aliphatic rings. The Bertz CT molecular complexity index is 237. The quantitative estimate of drug-likeness (QED) is 0.262. The summed E-state index contributed by atoms with van der Waals surface area (Å²) in [6.45, 7) is 7.47. The Kier molecular flexibility index (Phi) is 11.2. The second kappa shape index (κ2) is 11.7. The molecule has 0 saturated heterocycles. The molecule has 0 saturated carbocycles. The molecule has 0 amide bonds. The molecule has 0 unspecified atom stereocenters. The molecule has 0 rings (SSSR count). The van der Waals surface area contributed by atoms with Gasteiger partial charge in [-0.3, -0.25) is 0 Å². The summed E-state index contributed by atoms with van der Waals surface area (Å²) in [5.41, 5.74) is 0. The van der Waals surface area contributed by atoms with Crippen molar-refractivity contribution < 1.29 is 19.1 Å². The van der Waals surface area contributed by atoms with E-state index in [1.165, 1.54) is 0 Å². The van der Waals surface area contributed by atoms with Crippen molar-refractivity contribution in [2.24, 2.45) is 0 Å². The van der Waals surface area contributed by atoms with Crippen LogP contribution in [-0.2, 0) is 19.1 Å². The fraction of sp³-hybridized carbons (Fsp3) is 0.500. The SMILES string of the molecule is C=CCOC(=O)C[CH2][Sn+2][CH2]CC(=O)OCC=C. The molecule has 0 aliphatic carbocycles. The molecule has 0 fully saturated rings. The van der Waals surface area contributed by atoms with Gasteiger partial charge in [0.05, 0.1) is 0 Å². The molecule has 92 valence electrons. The van der Waals surface area contributed by atoms with Crippen LogP contribution in [0.5, 0.6) is 0 Å². The molecule has 0 bridgehead atoms. The fourth-order valence-corrected chi connectivity index (χ4v) is 3.84. The summed E-state index contributed by atoms with van der Waals surface area (Å²) in [4.78, 5) is 22.2. The number of hydrogen-bond donors (Lipinski definition) is 0. The summed E-state index contributed by atoms with van der Waals surface area (Å²) < 4.78 is 11.5. The van der Waals surface area contributed by atoms with Gasteiger partial charge >= 0.3 is 112 Å². The zero-order chi connectivity index (χ0) is 12.9. The summed E-state index contributed by atoms with van der Waals surface area (Å²) in [6, 6.07) is 0. The second-order valence-corrected chi connectivity index (χ2v) is 7.47. The minimum absolute atomic E-state index is 0.181. The number of carbonyl (C=O) groups excluding carboxylic acids is 2. The molecule has 17 heavy (non-hydrogen) atoms. The van der Waals surface area contributed by atoms with E-state index in [4.69, 9.17) is 9.47 Å². The van der Waals surface area contributed by atoms with E-state index in [1.54, 1.807) is 12.2 Å². The van der Waals surface area contributed by atoms with Crippen LogP contribution in [0.4, 0.5) is 0 Å². The average molecular weight is 345 g/mol. The first kappa shape index (κ1) is 16.2. The van der Waals surface area contributed by atoms with Crippen molar-refractivity contribution in [1.29, 1.82) is 0 Å². The molecule has 5 heteroatoms. The summed E-state index contributed by atoms with van der Waals surface area (Å²) >= 11 is -0.640. The molecule has 0 aromatic rings. The molecule has 0 aromatic heterocycles. The van der Waals surface area contributed by atoms with E-state index >= 15 is 0 Å². The van der Waals surface area contributed by atoms with Crippen LogP contribution in [0, 0.1) is 0 Å². The Balaban J connectivity index is 3.33. The van der Waals surface area contributed by atoms with Gasteiger partial charge in [-0.15, -0.1) is 0 Å². The number of esters is 2. The molecule has 0 aromatic carbocycles. The molecule has 0 N–H and O–H groups in total. The molecule has 0 spiro atoms. The van der Waals surface area contributed by atoms with E-state index in [9.17, 15) is 9.59 Å². The first-order valence-corrected chi connectivity index (χ1v) is 9.48. The first-order chi connectivity index (χ1) is 8.20. The van der Waals surface area contributed by atoms with E-state index in [0.29, 0.717) is 12.8 Å². The van der Waals surface area contributed by atoms with Crippen molar-refractivity contribution in [3.63, 3.8) is 0 Å². The van der Waals surface area contributed by atoms with Crippen molar-refractivity contribution in [3.8, 4) is 0 Å². The van der Waals surface area contributed by atoms with Crippen LogP contribution >= 0.6 is 0 Å². The Morgan fingerprint density at radius 1 is 0.941 bits per heavy atom. The number of carbonyl (C=O) groups is 2. The second-order valence-electron chi connectivity index (χ2n) is 3.19. The van der Waals surface area contributed by atoms with Gasteiger partial charge in [0.15, 0.2) is 0 Å². The van der Waals surface area contributed by atoms with Crippen molar-refractivity contribution in [1.82, 2.24) is 0 Å². The van der Waals surface area contributed by atoms with Crippen molar-refractivity contribution in [2.75, 3.05) is 13.2 Å². The van der Waals surface area contributed by atoms with Crippen LogP contribution in [0.15, 0.2) is 25.3 Å². The Morgan fingerprint density at radius 3 is 1.71 bits per heavy atom. The predicted molar refractivity (Wildman–Crippen MR) is 66.9 cm³/mol. The number of hydrogen-bond acceptors (Lipinski definition) is 4. The van der Waals surface area contributed by atoms with E-state index in [0.717, 1.165) is 8.87 Å². The molecule has 0 heterocycles. The summed E-state index contributed by atoms with van der Waals surface area (Å²) in [6.07, 6.45) is 4.02. The molecule has 4 nitrogen and oxygen atoms in total. The molecular formula is C12H18O4Sn+2. The van der Waals surface area contributed by atoms with E-state index in [2.05, 4.69) is 13.2 Å². The Morgan fingerprint density at radius 2 is 1.35 bits per heavy atom. The van der Waals surface area contributed by atoms with Crippen molar-refractivity contribution in [3.05, 3.63) is 25.3 Å². The van der Waals surface area contributed by atoms with Gasteiger partial charge in [0.2, 0.25) is 0 Å². The van der Waals surface area contributed by atoms with Crippen LogP contribution in [0.25, 0.3) is 0 Å². The number of ether oxygens (including phenoxy) is 2. The van der Waals surface area contributed by atoms with E-state index in [-0.39, 0.29) is 25.2 Å². The Labute approximate surface area is 112 Å². The normalized spacial score (nSPS) is 8.94. The molecule has 0 aliphatic heterocycles. The zero-order valence-electron chi connectivity index (χ0n) is 9.94. The van der Waals surface area contributed by atoms with Crippen molar-refractivity contribution in [2.45, 2.75) is 21.7 Å². The maximum atomic E-state index is 11.1. The van der Waals surface area contributed by atoms with Gasteiger partial charge in [0.1, 0.15) is 0 Å². The standard InChI is InChI=1S/2C6H9O2.Sn/c2*1-3-5-8-6(7)4-2;/h2*3H,1-2,4-5H2;/q;;+2. The van der Waals surface area contributed by atoms with Gasteiger partial charge in [-0.1, -0.05) is 0 Å². The van der Waals surface area contributed by atoms with Crippen LogP contribution in [0.1, 0.15) is 12.8 Å². The number of rotatable bonds is 10. The topological polar surface area (TPSA) is 52.6 Å². The third-order valence-electron chi connectivity index (χ3n) is 1.74. The monoisotopic (exact) mass is 346 g/mol. The third-order valence-corrected chi connectivity index (χ3v) is 5.18. The fourth-order valence-electron chi connectivity index (χ4n) is 0.954. The summed E-state index contributed by atoms with van der Waals surface area (Å²) in [7, 11) is 0. The van der Waals surface area contributed by atoms with Gasteiger partial charge in [-0.05, 0) is 0 Å². The van der Waals surface area contributed by atoms with Crippen LogP contribution in [0.3, 0.4) is 0 Å². The van der Waals surface area contributed by atoms with Crippen LogP contribution in [0.2, 0.25) is 8.87 Å². The third kappa shape index (κ3) is 11.5. The molecule has 0 atom stereocenters. The first-order valence-electron chi connectivity index (χ1n) is 5.44. The van der Waals surface area contributed by atoms with Crippen molar-refractivity contribution >= 4 is 33.1 Å². The zero-order valence-corrected chi connectivity index (χ0v) is 12.8. The molecular weight excluding hydrogens is 327 g/mol. The van der Waals surface area contributed by atoms with Gasteiger partial charge in [0.25, 0.3) is 0 Å². The van der Waals surface area contributed by atoms with Crippen LogP contribution < -0.4 is 0 Å². The van der Waals surface area contributed by atoms with Gasteiger partial charge < -0.3 is 0 Å². The summed E-state index contributed by atoms with van der Waals surface area (Å²) in [5.74, 6) is -0.361. The van der Waals surface area contributed by atoms with Gasteiger partial charge in [-0.2, -0.15) is 0 Å². The average Bonchev–Trinajstić information content (AvgIpc) is 2.33. The van der Waals surface area contributed by atoms with Gasteiger partial charge in [-0.25, -0.2) is 0 Å². The van der Waals surface area contributed by atoms with E-state index < -0.39 is 21.1 Å². The minimum atomic E-state index is -0.640. The van der Waals surface area contributed by atoms with E-state index in [1.807, 2.05) is 0 Å². The van der Waals surface area contributed by atoms with Gasteiger partial charge in [0, 0.05) is 0 Å².